The number of rotatable bonds is 4. The van der Waals surface area contributed by atoms with E-state index in [0.717, 1.165) is 24.1 Å². The van der Waals surface area contributed by atoms with E-state index >= 15 is 0 Å². The normalized spacial score (nSPS) is 10.6. The molecule has 0 aliphatic rings. The van der Waals surface area contributed by atoms with Crippen LogP contribution in [-0.2, 0) is 19.4 Å². The summed E-state index contributed by atoms with van der Waals surface area (Å²) < 4.78 is 0. The second-order valence-electron chi connectivity index (χ2n) is 4.49. The molecule has 0 radical (unpaired) electrons. The SMILES string of the molecule is Cc1ccc(CCc2cc(CN)c(O)cn2)cc1. The van der Waals surface area contributed by atoms with Crippen LogP contribution < -0.4 is 5.73 Å². The van der Waals surface area contributed by atoms with Crippen LogP contribution in [0.1, 0.15) is 22.4 Å². The molecule has 18 heavy (non-hydrogen) atoms. The lowest BCUT2D eigenvalue weighted by Crippen LogP contribution is -2.01. The Balaban J connectivity index is 2.04. The first-order chi connectivity index (χ1) is 8.69. The highest BCUT2D eigenvalue weighted by molar-refractivity contribution is 5.31. The Morgan fingerprint density at radius 3 is 2.56 bits per heavy atom. The molecule has 0 spiro atoms. The number of aromatic nitrogens is 1. The van der Waals surface area contributed by atoms with Crippen molar-refractivity contribution in [2.45, 2.75) is 26.3 Å². The molecule has 0 aliphatic heterocycles. The van der Waals surface area contributed by atoms with Crippen molar-refractivity contribution < 1.29 is 5.11 Å². The molecule has 3 N–H and O–H groups in total. The van der Waals surface area contributed by atoms with Gasteiger partial charge in [-0.2, -0.15) is 0 Å². The maximum absolute atomic E-state index is 9.51. The van der Waals surface area contributed by atoms with E-state index in [0.29, 0.717) is 6.54 Å². The number of nitrogens with two attached hydrogens (primary N) is 1. The predicted octanol–water partition coefficient (Wildman–Crippen LogP) is 2.34. The van der Waals surface area contributed by atoms with Crippen molar-refractivity contribution in [3.05, 3.63) is 58.9 Å². The summed E-state index contributed by atoms with van der Waals surface area (Å²) in [5, 5.41) is 9.51. The van der Waals surface area contributed by atoms with E-state index in [-0.39, 0.29) is 5.75 Å². The van der Waals surface area contributed by atoms with Crippen LogP contribution in [-0.4, -0.2) is 10.1 Å². The molecule has 3 nitrogen and oxygen atoms in total. The van der Waals surface area contributed by atoms with Gasteiger partial charge in [0.25, 0.3) is 0 Å². The van der Waals surface area contributed by atoms with E-state index in [1.807, 2.05) is 6.07 Å². The molecule has 0 amide bonds. The molecule has 2 aromatic rings. The van der Waals surface area contributed by atoms with Crippen LogP contribution >= 0.6 is 0 Å². The Labute approximate surface area is 107 Å². The van der Waals surface area contributed by atoms with Crippen LogP contribution in [0.2, 0.25) is 0 Å². The second-order valence-corrected chi connectivity index (χ2v) is 4.49. The average Bonchev–Trinajstić information content (AvgIpc) is 2.39. The summed E-state index contributed by atoms with van der Waals surface area (Å²) in [6.45, 7) is 2.42. The van der Waals surface area contributed by atoms with E-state index in [9.17, 15) is 5.11 Å². The molecule has 1 heterocycles. The van der Waals surface area contributed by atoms with Gasteiger partial charge < -0.3 is 10.8 Å². The van der Waals surface area contributed by atoms with Crippen molar-refractivity contribution in [1.82, 2.24) is 4.98 Å². The zero-order valence-electron chi connectivity index (χ0n) is 10.6. The van der Waals surface area contributed by atoms with Gasteiger partial charge in [-0.25, -0.2) is 0 Å². The van der Waals surface area contributed by atoms with Crippen molar-refractivity contribution in [3.8, 4) is 5.75 Å². The van der Waals surface area contributed by atoms with Gasteiger partial charge in [-0.15, -0.1) is 0 Å². The zero-order chi connectivity index (χ0) is 13.0. The second kappa shape index (κ2) is 5.65. The summed E-state index contributed by atoms with van der Waals surface area (Å²) in [7, 11) is 0. The fraction of sp³-hybridized carbons (Fsp3) is 0.267. The van der Waals surface area contributed by atoms with E-state index in [1.165, 1.54) is 17.3 Å². The van der Waals surface area contributed by atoms with Gasteiger partial charge in [-0.1, -0.05) is 29.8 Å². The minimum atomic E-state index is 0.177. The first-order valence-corrected chi connectivity index (χ1v) is 6.11. The van der Waals surface area contributed by atoms with Crippen molar-refractivity contribution in [2.24, 2.45) is 5.73 Å². The highest BCUT2D eigenvalue weighted by Gasteiger charge is 2.03. The summed E-state index contributed by atoms with van der Waals surface area (Å²) in [6.07, 6.45) is 3.28. The summed E-state index contributed by atoms with van der Waals surface area (Å²) in [5.74, 6) is 0.177. The Hall–Kier alpha value is -1.87. The molecule has 0 bridgehead atoms. The molecule has 0 saturated carbocycles. The van der Waals surface area contributed by atoms with Gasteiger partial charge in [0.1, 0.15) is 5.75 Å². The lowest BCUT2D eigenvalue weighted by Gasteiger charge is -2.05. The Morgan fingerprint density at radius 2 is 1.89 bits per heavy atom. The number of aromatic hydroxyl groups is 1. The Morgan fingerprint density at radius 1 is 1.17 bits per heavy atom. The minimum Gasteiger partial charge on any atom is -0.506 e. The van der Waals surface area contributed by atoms with Gasteiger partial charge in [0.15, 0.2) is 0 Å². The average molecular weight is 242 g/mol. The van der Waals surface area contributed by atoms with Gasteiger partial charge in [-0.3, -0.25) is 4.98 Å². The minimum absolute atomic E-state index is 0.177. The highest BCUT2D eigenvalue weighted by atomic mass is 16.3. The predicted molar refractivity (Wildman–Crippen MR) is 72.4 cm³/mol. The third kappa shape index (κ3) is 3.08. The topological polar surface area (TPSA) is 59.1 Å². The van der Waals surface area contributed by atoms with Gasteiger partial charge in [0.2, 0.25) is 0 Å². The molecule has 0 saturated heterocycles. The number of aryl methyl sites for hydroxylation is 3. The molecule has 94 valence electrons. The van der Waals surface area contributed by atoms with E-state index in [2.05, 4.69) is 36.2 Å². The van der Waals surface area contributed by atoms with Gasteiger partial charge >= 0.3 is 0 Å². The van der Waals surface area contributed by atoms with Crippen LogP contribution in [0.5, 0.6) is 5.75 Å². The molecule has 0 aliphatic carbocycles. The van der Waals surface area contributed by atoms with Gasteiger partial charge in [0, 0.05) is 17.8 Å². The number of hydrogen-bond acceptors (Lipinski definition) is 3. The quantitative estimate of drug-likeness (QED) is 0.865. The lowest BCUT2D eigenvalue weighted by molar-refractivity contribution is 0.465. The van der Waals surface area contributed by atoms with E-state index in [4.69, 9.17) is 5.73 Å². The first-order valence-electron chi connectivity index (χ1n) is 6.11. The maximum atomic E-state index is 9.51. The fourth-order valence-electron chi connectivity index (χ4n) is 1.87. The van der Waals surface area contributed by atoms with Crippen molar-refractivity contribution in [3.63, 3.8) is 0 Å². The summed E-state index contributed by atoms with van der Waals surface area (Å²) in [4.78, 5) is 4.21. The molecule has 1 aromatic heterocycles. The lowest BCUT2D eigenvalue weighted by atomic mass is 10.1. The van der Waals surface area contributed by atoms with Crippen molar-refractivity contribution >= 4 is 0 Å². The Kier molecular flexibility index (Phi) is 3.95. The fourth-order valence-corrected chi connectivity index (χ4v) is 1.87. The zero-order valence-corrected chi connectivity index (χ0v) is 10.6. The maximum Gasteiger partial charge on any atom is 0.138 e. The first kappa shape index (κ1) is 12.6. The Bertz CT molecular complexity index is 521. The van der Waals surface area contributed by atoms with Gasteiger partial charge in [-0.05, 0) is 31.4 Å². The molecule has 2 rings (SSSR count). The van der Waals surface area contributed by atoms with Gasteiger partial charge in [0.05, 0.1) is 6.20 Å². The standard InChI is InChI=1S/C15H18N2O/c1-11-2-4-12(5-3-11)6-7-14-8-13(9-16)15(18)10-17-14/h2-5,8,10,18H,6-7,9,16H2,1H3. The molecule has 0 fully saturated rings. The van der Waals surface area contributed by atoms with E-state index < -0.39 is 0 Å². The molecule has 0 atom stereocenters. The largest absolute Gasteiger partial charge is 0.506 e. The summed E-state index contributed by atoms with van der Waals surface area (Å²) in [6, 6.07) is 10.4. The molecular weight excluding hydrogens is 224 g/mol. The van der Waals surface area contributed by atoms with Crippen LogP contribution in [0.15, 0.2) is 36.5 Å². The van der Waals surface area contributed by atoms with Crippen molar-refractivity contribution in [1.29, 1.82) is 0 Å². The number of benzene rings is 1. The molecule has 0 unspecified atom stereocenters. The highest BCUT2D eigenvalue weighted by Crippen LogP contribution is 2.16. The number of nitrogens with zero attached hydrogens (tertiary/aromatic N) is 1. The van der Waals surface area contributed by atoms with Crippen LogP contribution in [0.3, 0.4) is 0 Å². The monoisotopic (exact) mass is 242 g/mol. The molecular formula is C15H18N2O. The number of pyridine rings is 1. The molecule has 1 aromatic carbocycles. The van der Waals surface area contributed by atoms with Crippen LogP contribution in [0, 0.1) is 6.92 Å². The summed E-state index contributed by atoms with van der Waals surface area (Å²) >= 11 is 0. The van der Waals surface area contributed by atoms with Crippen molar-refractivity contribution in [2.75, 3.05) is 0 Å². The third-order valence-corrected chi connectivity index (χ3v) is 3.03. The van der Waals surface area contributed by atoms with Crippen LogP contribution in [0.4, 0.5) is 0 Å². The smallest absolute Gasteiger partial charge is 0.138 e. The molecule has 3 heteroatoms. The van der Waals surface area contributed by atoms with Crippen LogP contribution in [0.25, 0.3) is 0 Å². The third-order valence-electron chi connectivity index (χ3n) is 3.03. The van der Waals surface area contributed by atoms with E-state index in [1.54, 1.807) is 0 Å². The number of hydrogen-bond donors (Lipinski definition) is 2. The summed E-state index contributed by atoms with van der Waals surface area (Å²) in [5.41, 5.74) is 9.84.